The topological polar surface area (TPSA) is 93.0 Å². The van der Waals surface area contributed by atoms with Crippen molar-refractivity contribution in [2.24, 2.45) is 0 Å². The number of halogens is 1. The van der Waals surface area contributed by atoms with E-state index in [2.05, 4.69) is 15.5 Å². The highest BCUT2D eigenvalue weighted by Crippen LogP contribution is 2.26. The van der Waals surface area contributed by atoms with Crippen molar-refractivity contribution in [2.45, 2.75) is 19.8 Å². The van der Waals surface area contributed by atoms with E-state index in [0.717, 1.165) is 12.1 Å². The molecule has 0 aliphatic heterocycles. The van der Waals surface area contributed by atoms with Crippen LogP contribution in [0.4, 0.5) is 15.8 Å². The molecule has 0 saturated heterocycles. The fraction of sp³-hybridized carbons (Fsp3) is 0.286. The molecule has 0 aliphatic carbocycles. The van der Waals surface area contributed by atoms with Gasteiger partial charge in [-0.05, 0) is 18.6 Å². The van der Waals surface area contributed by atoms with Crippen molar-refractivity contribution in [3.05, 3.63) is 35.4 Å². The molecule has 7 heteroatoms. The van der Waals surface area contributed by atoms with Crippen LogP contribution in [0.2, 0.25) is 0 Å². The van der Waals surface area contributed by atoms with Crippen LogP contribution in [0.1, 0.15) is 29.5 Å². The first-order valence-electron chi connectivity index (χ1n) is 6.54. The van der Waals surface area contributed by atoms with Gasteiger partial charge in [0, 0.05) is 6.07 Å². The number of hydrogen-bond donors (Lipinski definition) is 3. The molecule has 0 aliphatic rings. The minimum absolute atomic E-state index is 0.116. The summed E-state index contributed by atoms with van der Waals surface area (Å²) in [7, 11) is 1.40. The summed E-state index contributed by atoms with van der Waals surface area (Å²) >= 11 is 0. The quantitative estimate of drug-likeness (QED) is 0.788. The predicted molar refractivity (Wildman–Crippen MR) is 77.9 cm³/mol. The van der Waals surface area contributed by atoms with E-state index in [9.17, 15) is 9.18 Å². The van der Waals surface area contributed by atoms with Crippen molar-refractivity contribution in [2.75, 3.05) is 18.2 Å². The molecule has 2 rings (SSSR count). The van der Waals surface area contributed by atoms with E-state index in [1.807, 2.05) is 6.92 Å². The number of ether oxygens (including phenoxy) is 1. The zero-order chi connectivity index (χ0) is 15.4. The standard InChI is InChI=1S/C14H17FN4O2/c1-3-4-10-12(16)13(19-18-10)14(20)17-9-6-5-8(15)7-11(9)21-2/h5-7H,3-4,16H2,1-2H3,(H,17,20)(H,18,19). The van der Waals surface area contributed by atoms with Gasteiger partial charge in [0.2, 0.25) is 0 Å². The van der Waals surface area contributed by atoms with Gasteiger partial charge >= 0.3 is 0 Å². The molecule has 1 heterocycles. The van der Waals surface area contributed by atoms with Gasteiger partial charge < -0.3 is 15.8 Å². The highest BCUT2D eigenvalue weighted by molar-refractivity contribution is 6.07. The maximum absolute atomic E-state index is 13.1. The third kappa shape index (κ3) is 3.13. The molecule has 0 spiro atoms. The average Bonchev–Trinajstić information content (AvgIpc) is 2.82. The Morgan fingerprint density at radius 1 is 1.52 bits per heavy atom. The summed E-state index contributed by atoms with van der Waals surface area (Å²) in [5, 5.41) is 9.29. The van der Waals surface area contributed by atoms with Crippen molar-refractivity contribution >= 4 is 17.3 Å². The molecule has 1 aromatic carbocycles. The van der Waals surface area contributed by atoms with E-state index < -0.39 is 11.7 Å². The molecule has 112 valence electrons. The lowest BCUT2D eigenvalue weighted by Crippen LogP contribution is -2.15. The number of aromatic nitrogens is 2. The first-order valence-corrected chi connectivity index (χ1v) is 6.54. The van der Waals surface area contributed by atoms with Crippen LogP contribution in [0.5, 0.6) is 5.75 Å². The van der Waals surface area contributed by atoms with Gasteiger partial charge in [0.05, 0.1) is 24.2 Å². The zero-order valence-corrected chi connectivity index (χ0v) is 11.9. The van der Waals surface area contributed by atoms with E-state index in [-0.39, 0.29) is 11.4 Å². The Bertz CT molecular complexity index is 654. The number of amides is 1. The van der Waals surface area contributed by atoms with Crippen LogP contribution in [0.25, 0.3) is 0 Å². The van der Waals surface area contributed by atoms with E-state index in [1.165, 1.54) is 25.3 Å². The zero-order valence-electron chi connectivity index (χ0n) is 11.9. The average molecular weight is 292 g/mol. The number of aromatic amines is 1. The van der Waals surface area contributed by atoms with Gasteiger partial charge in [0.1, 0.15) is 11.6 Å². The van der Waals surface area contributed by atoms with Gasteiger partial charge in [-0.25, -0.2) is 4.39 Å². The van der Waals surface area contributed by atoms with Gasteiger partial charge in [-0.1, -0.05) is 13.3 Å². The number of methoxy groups -OCH3 is 1. The molecule has 0 radical (unpaired) electrons. The summed E-state index contributed by atoms with van der Waals surface area (Å²) in [5.41, 5.74) is 7.42. The molecule has 21 heavy (non-hydrogen) atoms. The Hall–Kier alpha value is -2.57. The first-order chi connectivity index (χ1) is 10.1. The minimum Gasteiger partial charge on any atom is -0.494 e. The number of rotatable bonds is 5. The number of anilines is 2. The Morgan fingerprint density at radius 2 is 2.29 bits per heavy atom. The van der Waals surface area contributed by atoms with Crippen molar-refractivity contribution in [1.82, 2.24) is 10.2 Å². The molecule has 6 nitrogen and oxygen atoms in total. The summed E-state index contributed by atoms with van der Waals surface area (Å²) < 4.78 is 18.1. The summed E-state index contributed by atoms with van der Waals surface area (Å²) in [5.74, 6) is -0.698. The molecular formula is C14H17FN4O2. The maximum atomic E-state index is 13.1. The molecule has 2 aromatic rings. The summed E-state index contributed by atoms with van der Waals surface area (Å²) in [6, 6.07) is 3.84. The second kappa shape index (κ2) is 6.25. The number of benzene rings is 1. The third-order valence-corrected chi connectivity index (χ3v) is 3.01. The van der Waals surface area contributed by atoms with Crippen molar-refractivity contribution in [1.29, 1.82) is 0 Å². The number of nitrogens with zero attached hydrogens (tertiary/aromatic N) is 1. The molecule has 1 amide bonds. The van der Waals surface area contributed by atoms with Crippen LogP contribution in [0, 0.1) is 5.82 Å². The van der Waals surface area contributed by atoms with Gasteiger partial charge in [0.25, 0.3) is 5.91 Å². The molecular weight excluding hydrogens is 275 g/mol. The fourth-order valence-corrected chi connectivity index (χ4v) is 1.95. The lowest BCUT2D eigenvalue weighted by molar-refractivity contribution is 0.102. The fourth-order valence-electron chi connectivity index (χ4n) is 1.95. The number of nitrogens with two attached hydrogens (primary N) is 1. The third-order valence-electron chi connectivity index (χ3n) is 3.01. The lowest BCUT2D eigenvalue weighted by atomic mass is 10.2. The Kier molecular flexibility index (Phi) is 4.42. The number of carbonyl (C=O) groups excluding carboxylic acids is 1. The highest BCUT2D eigenvalue weighted by atomic mass is 19.1. The number of aryl methyl sites for hydroxylation is 1. The number of H-pyrrole nitrogens is 1. The van der Waals surface area contributed by atoms with Crippen LogP contribution in [-0.4, -0.2) is 23.2 Å². The van der Waals surface area contributed by atoms with E-state index in [1.54, 1.807) is 0 Å². The Labute approximate surface area is 121 Å². The SMILES string of the molecule is CCCc1[nH]nc(C(=O)Nc2ccc(F)cc2OC)c1N. The molecule has 4 N–H and O–H groups in total. The normalized spacial score (nSPS) is 10.4. The number of nitrogen functional groups attached to an aromatic ring is 1. The minimum atomic E-state index is -0.476. The highest BCUT2D eigenvalue weighted by Gasteiger charge is 2.18. The molecule has 0 fully saturated rings. The van der Waals surface area contributed by atoms with Gasteiger partial charge in [-0.3, -0.25) is 9.89 Å². The lowest BCUT2D eigenvalue weighted by Gasteiger charge is -2.09. The van der Waals surface area contributed by atoms with Crippen LogP contribution >= 0.6 is 0 Å². The van der Waals surface area contributed by atoms with Gasteiger partial charge in [-0.2, -0.15) is 5.10 Å². The molecule has 0 saturated carbocycles. The predicted octanol–water partition coefficient (Wildman–Crippen LogP) is 2.34. The van der Waals surface area contributed by atoms with E-state index >= 15 is 0 Å². The number of nitrogens with one attached hydrogen (secondary N) is 2. The molecule has 1 aromatic heterocycles. The van der Waals surface area contributed by atoms with Gasteiger partial charge in [0.15, 0.2) is 5.69 Å². The maximum Gasteiger partial charge on any atom is 0.278 e. The van der Waals surface area contributed by atoms with Crippen LogP contribution < -0.4 is 15.8 Å². The molecule has 0 bridgehead atoms. The van der Waals surface area contributed by atoms with E-state index in [0.29, 0.717) is 17.8 Å². The Balaban J connectivity index is 2.22. The summed E-state index contributed by atoms with van der Waals surface area (Å²) in [4.78, 5) is 12.2. The van der Waals surface area contributed by atoms with Crippen LogP contribution in [-0.2, 0) is 6.42 Å². The first kappa shape index (κ1) is 14.8. The second-order valence-corrected chi connectivity index (χ2v) is 4.51. The number of carbonyl (C=O) groups is 1. The molecule has 0 atom stereocenters. The van der Waals surface area contributed by atoms with E-state index in [4.69, 9.17) is 10.5 Å². The van der Waals surface area contributed by atoms with Gasteiger partial charge in [-0.15, -0.1) is 0 Å². The number of hydrogen-bond acceptors (Lipinski definition) is 4. The molecule has 0 unspecified atom stereocenters. The smallest absolute Gasteiger partial charge is 0.278 e. The largest absolute Gasteiger partial charge is 0.494 e. The van der Waals surface area contributed by atoms with Crippen molar-refractivity contribution in [3.8, 4) is 5.75 Å². The Morgan fingerprint density at radius 3 is 2.95 bits per heavy atom. The summed E-state index contributed by atoms with van der Waals surface area (Å²) in [6.45, 7) is 2.00. The summed E-state index contributed by atoms with van der Waals surface area (Å²) in [6.07, 6.45) is 1.60. The van der Waals surface area contributed by atoms with Crippen molar-refractivity contribution in [3.63, 3.8) is 0 Å². The van der Waals surface area contributed by atoms with Crippen LogP contribution in [0.3, 0.4) is 0 Å². The second-order valence-electron chi connectivity index (χ2n) is 4.51. The monoisotopic (exact) mass is 292 g/mol. The van der Waals surface area contributed by atoms with Crippen molar-refractivity contribution < 1.29 is 13.9 Å². The van der Waals surface area contributed by atoms with Crippen LogP contribution in [0.15, 0.2) is 18.2 Å².